The zero-order valence-electron chi connectivity index (χ0n) is 13.7. The van der Waals surface area contributed by atoms with Crippen LogP contribution in [0.5, 0.6) is 5.75 Å². The average Bonchev–Trinajstić information content (AvgIpc) is 2.50. The Morgan fingerprint density at radius 2 is 1.74 bits per heavy atom. The van der Waals surface area contributed by atoms with Crippen molar-refractivity contribution in [1.29, 1.82) is 0 Å². The van der Waals surface area contributed by atoms with E-state index >= 15 is 0 Å². The average molecular weight is 312 g/mol. The third-order valence-electron chi connectivity index (χ3n) is 3.44. The summed E-state index contributed by atoms with van der Waals surface area (Å²) < 4.78 is 5.27. The molecular formula is C18H20N2O3. The number of methoxy groups -OCH3 is 1. The van der Waals surface area contributed by atoms with Crippen molar-refractivity contribution < 1.29 is 14.3 Å². The van der Waals surface area contributed by atoms with Crippen molar-refractivity contribution in [2.75, 3.05) is 17.7 Å². The molecule has 0 heterocycles. The monoisotopic (exact) mass is 312 g/mol. The lowest BCUT2D eigenvalue weighted by Gasteiger charge is -2.13. The molecule has 0 unspecified atom stereocenters. The summed E-state index contributed by atoms with van der Waals surface area (Å²) in [5.41, 5.74) is 3.66. The maximum Gasteiger partial charge on any atom is 0.255 e. The Balaban J connectivity index is 2.22. The van der Waals surface area contributed by atoms with E-state index in [1.807, 2.05) is 26.0 Å². The van der Waals surface area contributed by atoms with E-state index in [0.717, 1.165) is 22.6 Å². The summed E-state index contributed by atoms with van der Waals surface area (Å²) in [5.74, 6) is 0.377. The molecule has 0 saturated carbocycles. The van der Waals surface area contributed by atoms with Crippen LogP contribution in [0.15, 0.2) is 36.4 Å². The first-order valence-corrected chi connectivity index (χ1v) is 7.25. The van der Waals surface area contributed by atoms with E-state index in [1.54, 1.807) is 31.4 Å². The molecular weight excluding hydrogens is 292 g/mol. The van der Waals surface area contributed by atoms with Gasteiger partial charge in [-0.3, -0.25) is 9.59 Å². The fraction of sp³-hybridized carbons (Fsp3) is 0.222. The molecule has 0 aliphatic carbocycles. The molecule has 0 spiro atoms. The number of aryl methyl sites for hydroxylation is 2. The minimum atomic E-state index is -0.232. The highest BCUT2D eigenvalue weighted by molar-refractivity contribution is 6.05. The number of amides is 2. The van der Waals surface area contributed by atoms with E-state index in [1.165, 1.54) is 6.92 Å². The lowest BCUT2D eigenvalue weighted by atomic mass is 10.1. The Kier molecular flexibility index (Phi) is 5.01. The van der Waals surface area contributed by atoms with Gasteiger partial charge in [-0.05, 0) is 55.3 Å². The summed E-state index contributed by atoms with van der Waals surface area (Å²) in [5, 5.41) is 5.56. The quantitative estimate of drug-likeness (QED) is 0.907. The third kappa shape index (κ3) is 4.10. The van der Waals surface area contributed by atoms with Crippen LogP contribution in [0.2, 0.25) is 0 Å². The molecule has 2 aromatic rings. The highest BCUT2D eigenvalue weighted by Gasteiger charge is 2.11. The number of anilines is 2. The van der Waals surface area contributed by atoms with Gasteiger partial charge in [0.2, 0.25) is 5.91 Å². The lowest BCUT2D eigenvalue weighted by molar-refractivity contribution is -0.114. The second-order valence-electron chi connectivity index (χ2n) is 5.35. The van der Waals surface area contributed by atoms with Crippen LogP contribution < -0.4 is 15.4 Å². The van der Waals surface area contributed by atoms with Gasteiger partial charge in [0, 0.05) is 23.9 Å². The van der Waals surface area contributed by atoms with Crippen LogP contribution in [0.3, 0.4) is 0 Å². The second-order valence-corrected chi connectivity index (χ2v) is 5.35. The van der Waals surface area contributed by atoms with E-state index in [4.69, 9.17) is 4.74 Å². The fourth-order valence-electron chi connectivity index (χ4n) is 2.28. The van der Waals surface area contributed by atoms with Gasteiger partial charge in [-0.25, -0.2) is 0 Å². The van der Waals surface area contributed by atoms with Crippen molar-refractivity contribution >= 4 is 23.2 Å². The van der Waals surface area contributed by atoms with Crippen LogP contribution in [0.1, 0.15) is 28.4 Å². The molecule has 120 valence electrons. The van der Waals surface area contributed by atoms with Gasteiger partial charge in [-0.1, -0.05) is 6.07 Å². The number of hydrogen-bond acceptors (Lipinski definition) is 3. The van der Waals surface area contributed by atoms with Crippen LogP contribution in [-0.4, -0.2) is 18.9 Å². The van der Waals surface area contributed by atoms with Crippen LogP contribution in [0.25, 0.3) is 0 Å². The minimum absolute atomic E-state index is 0.177. The molecule has 0 fully saturated rings. The van der Waals surface area contributed by atoms with Crippen molar-refractivity contribution in [3.8, 4) is 5.75 Å². The van der Waals surface area contributed by atoms with Gasteiger partial charge in [0.05, 0.1) is 7.11 Å². The molecule has 2 aromatic carbocycles. The van der Waals surface area contributed by atoms with E-state index in [-0.39, 0.29) is 11.8 Å². The molecule has 0 atom stereocenters. The molecule has 5 nitrogen and oxygen atoms in total. The number of hydrogen-bond donors (Lipinski definition) is 2. The first-order valence-electron chi connectivity index (χ1n) is 7.25. The van der Waals surface area contributed by atoms with Crippen molar-refractivity contribution in [3.05, 3.63) is 53.1 Å². The summed E-state index contributed by atoms with van der Waals surface area (Å²) in [4.78, 5) is 23.5. The zero-order chi connectivity index (χ0) is 17.0. The standard InChI is InChI=1S/C18H20N2O3/c1-11-9-17(23-4)12(2)8-16(11)20-18(22)14-6-5-7-15(10-14)19-13(3)21/h5-10H,1-4H3,(H,19,21)(H,20,22). The van der Waals surface area contributed by atoms with Gasteiger partial charge in [-0.2, -0.15) is 0 Å². The molecule has 0 aromatic heterocycles. The third-order valence-corrected chi connectivity index (χ3v) is 3.44. The Bertz CT molecular complexity index is 754. The maximum absolute atomic E-state index is 12.4. The maximum atomic E-state index is 12.4. The van der Waals surface area contributed by atoms with E-state index in [2.05, 4.69) is 10.6 Å². The van der Waals surface area contributed by atoms with E-state index in [0.29, 0.717) is 11.3 Å². The van der Waals surface area contributed by atoms with Crippen molar-refractivity contribution in [1.82, 2.24) is 0 Å². The van der Waals surface area contributed by atoms with Gasteiger partial charge in [0.25, 0.3) is 5.91 Å². The van der Waals surface area contributed by atoms with E-state index < -0.39 is 0 Å². The van der Waals surface area contributed by atoms with Gasteiger partial charge in [-0.15, -0.1) is 0 Å². The van der Waals surface area contributed by atoms with Gasteiger partial charge in [0.1, 0.15) is 5.75 Å². The first kappa shape index (κ1) is 16.5. The topological polar surface area (TPSA) is 67.4 Å². The molecule has 23 heavy (non-hydrogen) atoms. The normalized spacial score (nSPS) is 10.1. The van der Waals surface area contributed by atoms with Crippen LogP contribution in [0.4, 0.5) is 11.4 Å². The molecule has 0 bridgehead atoms. The highest BCUT2D eigenvalue weighted by atomic mass is 16.5. The Morgan fingerprint density at radius 3 is 2.39 bits per heavy atom. The van der Waals surface area contributed by atoms with Crippen molar-refractivity contribution in [3.63, 3.8) is 0 Å². The summed E-state index contributed by atoms with van der Waals surface area (Å²) in [6.45, 7) is 5.26. The lowest BCUT2D eigenvalue weighted by Crippen LogP contribution is -2.14. The molecule has 2 rings (SSSR count). The predicted octanol–water partition coefficient (Wildman–Crippen LogP) is 3.52. The number of rotatable bonds is 4. The number of carbonyl (C=O) groups excluding carboxylic acids is 2. The van der Waals surface area contributed by atoms with Crippen molar-refractivity contribution in [2.45, 2.75) is 20.8 Å². The second kappa shape index (κ2) is 6.96. The van der Waals surface area contributed by atoms with Gasteiger partial charge in [0.15, 0.2) is 0 Å². The molecule has 0 radical (unpaired) electrons. The molecule has 2 amide bonds. The SMILES string of the molecule is COc1cc(C)c(NC(=O)c2cccc(NC(C)=O)c2)cc1C. The first-order chi connectivity index (χ1) is 10.9. The minimum Gasteiger partial charge on any atom is -0.496 e. The number of ether oxygens (including phenoxy) is 1. The van der Waals surface area contributed by atoms with Gasteiger partial charge >= 0.3 is 0 Å². The molecule has 0 aliphatic heterocycles. The Hall–Kier alpha value is -2.82. The molecule has 0 aliphatic rings. The largest absolute Gasteiger partial charge is 0.496 e. The number of benzene rings is 2. The number of nitrogens with one attached hydrogen (secondary N) is 2. The summed E-state index contributed by atoms with van der Waals surface area (Å²) in [7, 11) is 1.62. The highest BCUT2D eigenvalue weighted by Crippen LogP contribution is 2.26. The molecule has 2 N–H and O–H groups in total. The predicted molar refractivity (Wildman–Crippen MR) is 91.2 cm³/mol. The summed E-state index contributed by atoms with van der Waals surface area (Å²) in [6, 6.07) is 10.6. The van der Waals surface area contributed by atoms with Crippen LogP contribution >= 0.6 is 0 Å². The summed E-state index contributed by atoms with van der Waals surface area (Å²) in [6.07, 6.45) is 0. The Morgan fingerprint density at radius 1 is 1.00 bits per heavy atom. The molecule has 0 saturated heterocycles. The fourth-order valence-corrected chi connectivity index (χ4v) is 2.28. The van der Waals surface area contributed by atoms with Gasteiger partial charge < -0.3 is 15.4 Å². The van der Waals surface area contributed by atoms with Crippen LogP contribution in [-0.2, 0) is 4.79 Å². The van der Waals surface area contributed by atoms with Crippen LogP contribution in [0, 0.1) is 13.8 Å². The number of carbonyl (C=O) groups is 2. The summed E-state index contributed by atoms with van der Waals surface area (Å²) >= 11 is 0. The van der Waals surface area contributed by atoms with E-state index in [9.17, 15) is 9.59 Å². The van der Waals surface area contributed by atoms with Crippen molar-refractivity contribution in [2.24, 2.45) is 0 Å². The Labute approximate surface area is 135 Å². The smallest absolute Gasteiger partial charge is 0.255 e. The molecule has 5 heteroatoms. The zero-order valence-corrected chi connectivity index (χ0v) is 13.7.